The average molecular weight is 204 g/mol. The first-order valence-electron chi connectivity index (χ1n) is 5.50. The van der Waals surface area contributed by atoms with Crippen molar-refractivity contribution in [1.29, 1.82) is 0 Å². The van der Waals surface area contributed by atoms with E-state index in [4.69, 9.17) is 0 Å². The number of allylic oxidation sites excluding steroid dienone is 1. The maximum atomic E-state index is 4.52. The maximum Gasteiger partial charge on any atom is 0.131 e. The Morgan fingerprint density at radius 3 is 2.53 bits per heavy atom. The first-order valence-corrected chi connectivity index (χ1v) is 5.50. The number of hydrogen-bond acceptors (Lipinski definition) is 2. The minimum absolute atomic E-state index is 0.386. The summed E-state index contributed by atoms with van der Waals surface area (Å²) in [7, 11) is 0. The highest BCUT2D eigenvalue weighted by Crippen LogP contribution is 2.14. The molecule has 1 aromatic heterocycles. The van der Waals surface area contributed by atoms with E-state index >= 15 is 0 Å². The minimum Gasteiger partial charge on any atom is -0.241 e. The van der Waals surface area contributed by atoms with Crippen molar-refractivity contribution in [3.8, 4) is 0 Å². The second-order valence-electron chi connectivity index (χ2n) is 4.55. The molecule has 0 saturated heterocycles. The summed E-state index contributed by atoms with van der Waals surface area (Å²) >= 11 is 0. The van der Waals surface area contributed by atoms with E-state index in [2.05, 4.69) is 44.2 Å². The highest BCUT2D eigenvalue weighted by atomic mass is 14.9. The summed E-state index contributed by atoms with van der Waals surface area (Å²) in [5.74, 6) is 1.82. The maximum absolute atomic E-state index is 4.52. The lowest BCUT2D eigenvalue weighted by atomic mass is 10.0. The van der Waals surface area contributed by atoms with E-state index < -0.39 is 0 Å². The molecular formula is C13H20N2. The molecule has 0 atom stereocenters. The second-order valence-corrected chi connectivity index (χ2v) is 4.55. The van der Waals surface area contributed by atoms with Gasteiger partial charge in [0.05, 0.1) is 0 Å². The molecule has 15 heavy (non-hydrogen) atoms. The molecule has 82 valence electrons. The SMILES string of the molecule is C=C(Cc1ccnc(C(C)C)n1)C(C)C. The van der Waals surface area contributed by atoms with Crippen LogP contribution >= 0.6 is 0 Å². The minimum atomic E-state index is 0.386. The Kier molecular flexibility index (Phi) is 4.01. The normalized spacial score (nSPS) is 11.1. The summed E-state index contributed by atoms with van der Waals surface area (Å²) in [5, 5.41) is 0. The smallest absolute Gasteiger partial charge is 0.131 e. The van der Waals surface area contributed by atoms with E-state index in [1.165, 1.54) is 5.57 Å². The molecule has 0 radical (unpaired) electrons. The summed E-state index contributed by atoms with van der Waals surface area (Å²) < 4.78 is 0. The van der Waals surface area contributed by atoms with Gasteiger partial charge in [-0.2, -0.15) is 0 Å². The molecule has 0 N–H and O–H groups in total. The van der Waals surface area contributed by atoms with Crippen molar-refractivity contribution in [2.75, 3.05) is 0 Å². The topological polar surface area (TPSA) is 25.8 Å². The molecule has 0 aliphatic heterocycles. The van der Waals surface area contributed by atoms with Crippen molar-refractivity contribution in [3.63, 3.8) is 0 Å². The Labute approximate surface area is 92.5 Å². The van der Waals surface area contributed by atoms with Gasteiger partial charge in [0.2, 0.25) is 0 Å². The molecule has 0 fully saturated rings. The van der Waals surface area contributed by atoms with Crippen LogP contribution in [0.1, 0.15) is 45.1 Å². The number of aromatic nitrogens is 2. The lowest BCUT2D eigenvalue weighted by Crippen LogP contribution is -2.03. The van der Waals surface area contributed by atoms with Crippen LogP contribution in [-0.2, 0) is 6.42 Å². The molecule has 1 heterocycles. The predicted molar refractivity (Wildman–Crippen MR) is 63.8 cm³/mol. The highest BCUT2D eigenvalue weighted by molar-refractivity contribution is 5.13. The Hall–Kier alpha value is -1.18. The number of hydrogen-bond donors (Lipinski definition) is 0. The molecule has 1 aromatic rings. The zero-order valence-corrected chi connectivity index (χ0v) is 10.1. The zero-order chi connectivity index (χ0) is 11.4. The first kappa shape index (κ1) is 11.9. The summed E-state index contributed by atoms with van der Waals surface area (Å²) in [5.41, 5.74) is 2.30. The Morgan fingerprint density at radius 1 is 1.33 bits per heavy atom. The third-order valence-electron chi connectivity index (χ3n) is 2.47. The first-order chi connectivity index (χ1) is 7.00. The van der Waals surface area contributed by atoms with Crippen molar-refractivity contribution in [2.24, 2.45) is 5.92 Å². The molecule has 0 spiro atoms. The zero-order valence-electron chi connectivity index (χ0n) is 10.1. The van der Waals surface area contributed by atoms with Crippen molar-refractivity contribution in [2.45, 2.75) is 40.0 Å². The standard InChI is InChI=1S/C13H20N2/c1-9(2)11(5)8-12-6-7-14-13(15-12)10(3)4/h6-7,9-10H,5,8H2,1-4H3. The molecule has 0 amide bonds. The third-order valence-corrected chi connectivity index (χ3v) is 2.47. The summed E-state index contributed by atoms with van der Waals surface area (Å²) in [4.78, 5) is 8.77. The second kappa shape index (κ2) is 5.06. The van der Waals surface area contributed by atoms with Gasteiger partial charge in [-0.05, 0) is 12.0 Å². The fourth-order valence-electron chi connectivity index (χ4n) is 1.23. The fraction of sp³-hybridized carbons (Fsp3) is 0.538. The lowest BCUT2D eigenvalue weighted by molar-refractivity contribution is 0.721. The van der Waals surface area contributed by atoms with E-state index in [9.17, 15) is 0 Å². The van der Waals surface area contributed by atoms with Crippen LogP contribution in [0.4, 0.5) is 0 Å². The van der Waals surface area contributed by atoms with Gasteiger partial charge in [-0.1, -0.05) is 39.8 Å². The van der Waals surface area contributed by atoms with Crippen LogP contribution in [0.3, 0.4) is 0 Å². The summed E-state index contributed by atoms with van der Waals surface area (Å²) in [6.45, 7) is 12.6. The molecule has 2 heteroatoms. The molecular weight excluding hydrogens is 184 g/mol. The van der Waals surface area contributed by atoms with E-state index in [-0.39, 0.29) is 0 Å². The van der Waals surface area contributed by atoms with Gasteiger partial charge in [0, 0.05) is 24.2 Å². The van der Waals surface area contributed by atoms with Crippen molar-refractivity contribution in [1.82, 2.24) is 9.97 Å². The van der Waals surface area contributed by atoms with Gasteiger partial charge in [-0.25, -0.2) is 9.97 Å². The van der Waals surface area contributed by atoms with Gasteiger partial charge in [-0.3, -0.25) is 0 Å². The average Bonchev–Trinajstić information content (AvgIpc) is 2.18. The van der Waals surface area contributed by atoms with Gasteiger partial charge in [0.1, 0.15) is 5.82 Å². The van der Waals surface area contributed by atoms with E-state index in [1.54, 1.807) is 0 Å². The van der Waals surface area contributed by atoms with Gasteiger partial charge >= 0.3 is 0 Å². The van der Waals surface area contributed by atoms with Crippen LogP contribution in [-0.4, -0.2) is 9.97 Å². The molecule has 0 aromatic carbocycles. The largest absolute Gasteiger partial charge is 0.241 e. The van der Waals surface area contributed by atoms with Crippen LogP contribution in [0.2, 0.25) is 0 Å². The molecule has 0 unspecified atom stereocenters. The lowest BCUT2D eigenvalue weighted by Gasteiger charge is -2.10. The van der Waals surface area contributed by atoms with Crippen LogP contribution in [0, 0.1) is 5.92 Å². The van der Waals surface area contributed by atoms with Crippen LogP contribution in [0.15, 0.2) is 24.4 Å². The molecule has 0 aliphatic rings. The molecule has 0 bridgehead atoms. The van der Waals surface area contributed by atoms with Crippen molar-refractivity contribution in [3.05, 3.63) is 35.9 Å². The number of rotatable bonds is 4. The van der Waals surface area contributed by atoms with Crippen LogP contribution in [0.5, 0.6) is 0 Å². The van der Waals surface area contributed by atoms with Crippen molar-refractivity contribution < 1.29 is 0 Å². The Bertz CT molecular complexity index is 340. The van der Waals surface area contributed by atoms with Crippen molar-refractivity contribution >= 4 is 0 Å². The fourth-order valence-corrected chi connectivity index (χ4v) is 1.23. The van der Waals surface area contributed by atoms with Crippen LogP contribution in [0.25, 0.3) is 0 Å². The summed E-state index contributed by atoms with van der Waals surface area (Å²) in [6.07, 6.45) is 2.70. The molecule has 2 nitrogen and oxygen atoms in total. The third kappa shape index (κ3) is 3.46. The monoisotopic (exact) mass is 204 g/mol. The molecule has 0 saturated carbocycles. The molecule has 0 aliphatic carbocycles. The van der Waals surface area contributed by atoms with E-state index in [1.807, 2.05) is 12.3 Å². The number of nitrogens with zero attached hydrogens (tertiary/aromatic N) is 2. The van der Waals surface area contributed by atoms with Gasteiger partial charge < -0.3 is 0 Å². The van der Waals surface area contributed by atoms with E-state index in [0.717, 1.165) is 17.9 Å². The van der Waals surface area contributed by atoms with Gasteiger partial charge in [0.15, 0.2) is 0 Å². The van der Waals surface area contributed by atoms with E-state index in [0.29, 0.717) is 11.8 Å². The highest BCUT2D eigenvalue weighted by Gasteiger charge is 2.06. The van der Waals surface area contributed by atoms with Crippen LogP contribution < -0.4 is 0 Å². The molecule has 1 rings (SSSR count). The quantitative estimate of drug-likeness (QED) is 0.703. The predicted octanol–water partition coefficient (Wildman–Crippen LogP) is 3.35. The van der Waals surface area contributed by atoms with Gasteiger partial charge in [-0.15, -0.1) is 0 Å². The Balaban J connectivity index is 2.78. The summed E-state index contributed by atoms with van der Waals surface area (Å²) in [6, 6.07) is 1.97. The Morgan fingerprint density at radius 2 is 2.00 bits per heavy atom. The van der Waals surface area contributed by atoms with Gasteiger partial charge in [0.25, 0.3) is 0 Å².